The molecule has 5 heteroatoms. The van der Waals surface area contributed by atoms with E-state index >= 15 is 0 Å². The zero-order valence-electron chi connectivity index (χ0n) is 17.1. The lowest BCUT2D eigenvalue weighted by Crippen LogP contribution is -2.67. The summed E-state index contributed by atoms with van der Waals surface area (Å²) in [6, 6.07) is 0. The van der Waals surface area contributed by atoms with Gasteiger partial charge in [-0.15, -0.1) is 0 Å². The van der Waals surface area contributed by atoms with Crippen LogP contribution >= 0.6 is 0 Å². The number of hydrogen-bond donors (Lipinski definition) is 3. The number of fused-ring (bicyclic) bond motifs is 5. The molecule has 0 bridgehead atoms. The maximum absolute atomic E-state index is 12.1. The molecule has 5 rings (SSSR count). The zero-order chi connectivity index (χ0) is 19.9. The maximum Gasteiger partial charge on any atom is 0.331 e. The summed E-state index contributed by atoms with van der Waals surface area (Å²) in [5.41, 5.74) is -0.507. The number of rotatable bonds is 1. The number of hydrogen-bond acceptors (Lipinski definition) is 5. The van der Waals surface area contributed by atoms with Crippen LogP contribution in [0.15, 0.2) is 11.6 Å². The quantitative estimate of drug-likeness (QED) is 0.599. The monoisotopic (exact) mass is 390 g/mol. The van der Waals surface area contributed by atoms with Gasteiger partial charge in [-0.3, -0.25) is 0 Å². The molecule has 9 atom stereocenters. The molecule has 3 N–H and O–H groups in total. The van der Waals surface area contributed by atoms with Crippen molar-refractivity contribution in [3.05, 3.63) is 11.6 Å². The maximum atomic E-state index is 12.1. The fraction of sp³-hybridized carbons (Fsp3) is 0.870. The van der Waals surface area contributed by atoms with Crippen LogP contribution in [0, 0.1) is 34.5 Å². The van der Waals surface area contributed by atoms with E-state index in [9.17, 15) is 20.1 Å². The van der Waals surface area contributed by atoms with Crippen molar-refractivity contribution < 1.29 is 24.9 Å². The minimum absolute atomic E-state index is 0.00129. The van der Waals surface area contributed by atoms with Crippen LogP contribution in [-0.2, 0) is 9.53 Å². The first-order chi connectivity index (χ1) is 13.2. The van der Waals surface area contributed by atoms with E-state index in [0.717, 1.165) is 44.1 Å². The summed E-state index contributed by atoms with van der Waals surface area (Å²) in [4.78, 5) is 11.6. The van der Waals surface area contributed by atoms with Crippen LogP contribution in [-0.4, -0.2) is 45.7 Å². The molecule has 1 heterocycles. The summed E-state index contributed by atoms with van der Waals surface area (Å²) in [6.07, 6.45) is 7.69. The van der Waals surface area contributed by atoms with Gasteiger partial charge >= 0.3 is 5.97 Å². The third-order valence-electron chi connectivity index (χ3n) is 10.0. The number of aliphatic hydroxyl groups is 3. The Bertz CT molecular complexity index is 718. The zero-order valence-corrected chi connectivity index (χ0v) is 17.1. The molecule has 0 aromatic rings. The van der Waals surface area contributed by atoms with Crippen LogP contribution in [0.2, 0.25) is 0 Å². The number of ether oxygens (including phenoxy) is 1. The second-order valence-electron chi connectivity index (χ2n) is 10.8. The molecule has 4 saturated carbocycles. The minimum Gasteiger partial charge on any atom is -0.458 e. The van der Waals surface area contributed by atoms with Crippen LogP contribution in [0.1, 0.15) is 65.2 Å². The summed E-state index contributed by atoms with van der Waals surface area (Å²) < 4.78 is 5.16. The van der Waals surface area contributed by atoms with E-state index in [4.69, 9.17) is 4.74 Å². The van der Waals surface area contributed by atoms with Gasteiger partial charge in [-0.2, -0.15) is 0 Å². The Balaban J connectivity index is 1.51. The van der Waals surface area contributed by atoms with Crippen molar-refractivity contribution >= 4 is 5.97 Å². The van der Waals surface area contributed by atoms with E-state index in [1.807, 2.05) is 6.92 Å². The summed E-state index contributed by atoms with van der Waals surface area (Å²) >= 11 is 0. The van der Waals surface area contributed by atoms with Gasteiger partial charge in [0, 0.05) is 11.5 Å². The first-order valence-corrected chi connectivity index (χ1v) is 11.2. The van der Waals surface area contributed by atoms with E-state index < -0.39 is 17.1 Å². The second-order valence-corrected chi connectivity index (χ2v) is 10.8. The van der Waals surface area contributed by atoms with E-state index in [0.29, 0.717) is 31.3 Å². The largest absolute Gasteiger partial charge is 0.458 e. The Morgan fingerprint density at radius 1 is 1.04 bits per heavy atom. The number of esters is 1. The summed E-state index contributed by atoms with van der Waals surface area (Å²) in [6.45, 7) is 4.69. The molecule has 0 unspecified atom stereocenters. The van der Waals surface area contributed by atoms with E-state index in [1.165, 1.54) is 0 Å². The molecule has 4 aliphatic carbocycles. The van der Waals surface area contributed by atoms with E-state index in [-0.39, 0.29) is 29.3 Å². The first-order valence-electron chi connectivity index (χ1n) is 11.2. The smallest absolute Gasteiger partial charge is 0.331 e. The van der Waals surface area contributed by atoms with Crippen LogP contribution < -0.4 is 0 Å². The highest BCUT2D eigenvalue weighted by molar-refractivity contribution is 5.85. The molecule has 0 amide bonds. The molecule has 1 aliphatic heterocycles. The first kappa shape index (κ1) is 19.1. The van der Waals surface area contributed by atoms with Gasteiger partial charge in [-0.05, 0) is 86.0 Å². The van der Waals surface area contributed by atoms with Gasteiger partial charge in [0.1, 0.15) is 6.61 Å². The Kier molecular flexibility index (Phi) is 4.12. The third-order valence-corrected chi connectivity index (χ3v) is 10.0. The summed E-state index contributed by atoms with van der Waals surface area (Å²) in [7, 11) is 0. The second kappa shape index (κ2) is 6.05. The SMILES string of the molecule is C[C@]12CC[C@H](O)C[C@@H]1CC[C@@H]1[C@@H]2C[C@H](O)[C@@]2(C)[C@@H](C3=CC(=O)OC3)CC[C@]12O. The third kappa shape index (κ3) is 2.27. The molecule has 5 aliphatic rings. The van der Waals surface area contributed by atoms with Crippen molar-refractivity contribution in [3.63, 3.8) is 0 Å². The van der Waals surface area contributed by atoms with Gasteiger partial charge in [0.15, 0.2) is 0 Å². The fourth-order valence-electron chi connectivity index (χ4n) is 8.37. The number of carbonyl (C=O) groups is 1. The standard InChI is InChI=1S/C23H34O5/c1-21-7-5-15(24)10-14(21)3-4-17-18(21)11-19(25)22(2)16(6-8-23(17,22)27)13-9-20(26)28-12-13/h9,14-19,24-25,27H,3-8,10-12H2,1-2H3/t14-,15-,16+,17+,18-,19-,21-,22+,23-/m0/s1. The molecule has 0 aromatic carbocycles. The Morgan fingerprint density at radius 3 is 2.54 bits per heavy atom. The van der Waals surface area contributed by atoms with Crippen LogP contribution in [0.25, 0.3) is 0 Å². The highest BCUT2D eigenvalue weighted by Crippen LogP contribution is 2.69. The molecule has 0 spiro atoms. The van der Waals surface area contributed by atoms with Crippen LogP contribution in [0.4, 0.5) is 0 Å². The van der Waals surface area contributed by atoms with Crippen molar-refractivity contribution in [2.45, 2.75) is 83.0 Å². The summed E-state index contributed by atoms with van der Waals surface area (Å²) in [5.74, 6) is 0.657. The number of carbonyl (C=O) groups excluding carboxylic acids is 1. The highest BCUT2D eigenvalue weighted by atomic mass is 16.5. The normalized spacial score (nSPS) is 55.8. The van der Waals surface area contributed by atoms with Crippen molar-refractivity contribution in [1.82, 2.24) is 0 Å². The fourth-order valence-corrected chi connectivity index (χ4v) is 8.37. The lowest BCUT2D eigenvalue weighted by molar-refractivity contribution is -0.244. The summed E-state index contributed by atoms with van der Waals surface area (Å²) in [5, 5.41) is 33.7. The van der Waals surface area contributed by atoms with Gasteiger partial charge < -0.3 is 20.1 Å². The Hall–Kier alpha value is -0.910. The van der Waals surface area contributed by atoms with Crippen molar-refractivity contribution in [2.24, 2.45) is 34.5 Å². The highest BCUT2D eigenvalue weighted by Gasteiger charge is 2.70. The molecule has 4 fully saturated rings. The number of aliphatic hydroxyl groups excluding tert-OH is 2. The molecule has 28 heavy (non-hydrogen) atoms. The lowest BCUT2D eigenvalue weighted by atomic mass is 9.42. The molecular formula is C23H34O5. The van der Waals surface area contributed by atoms with E-state index in [2.05, 4.69) is 6.92 Å². The Morgan fingerprint density at radius 2 is 1.82 bits per heavy atom. The van der Waals surface area contributed by atoms with Crippen LogP contribution in [0.3, 0.4) is 0 Å². The van der Waals surface area contributed by atoms with Gasteiger partial charge in [-0.25, -0.2) is 4.79 Å². The number of cyclic esters (lactones) is 1. The van der Waals surface area contributed by atoms with Gasteiger partial charge in [-0.1, -0.05) is 13.8 Å². The van der Waals surface area contributed by atoms with Crippen molar-refractivity contribution in [1.29, 1.82) is 0 Å². The average molecular weight is 391 g/mol. The van der Waals surface area contributed by atoms with Crippen LogP contribution in [0.5, 0.6) is 0 Å². The Labute approximate surface area is 167 Å². The van der Waals surface area contributed by atoms with Crippen molar-refractivity contribution in [2.75, 3.05) is 6.61 Å². The minimum atomic E-state index is -0.906. The molecule has 0 radical (unpaired) electrons. The molecule has 5 nitrogen and oxygen atoms in total. The van der Waals surface area contributed by atoms with Gasteiger partial charge in [0.25, 0.3) is 0 Å². The topological polar surface area (TPSA) is 87.0 Å². The van der Waals surface area contributed by atoms with E-state index in [1.54, 1.807) is 6.08 Å². The molecular weight excluding hydrogens is 356 g/mol. The predicted octanol–water partition coefficient (Wildman–Crippen LogP) is 2.58. The molecule has 0 aromatic heterocycles. The average Bonchev–Trinajstić information content (AvgIpc) is 3.19. The predicted molar refractivity (Wildman–Crippen MR) is 103 cm³/mol. The lowest BCUT2D eigenvalue weighted by Gasteiger charge is -2.64. The van der Waals surface area contributed by atoms with Crippen molar-refractivity contribution in [3.8, 4) is 0 Å². The molecule has 156 valence electrons. The van der Waals surface area contributed by atoms with Gasteiger partial charge in [0.2, 0.25) is 0 Å². The van der Waals surface area contributed by atoms with Gasteiger partial charge in [0.05, 0.1) is 17.8 Å². The molecule has 0 saturated heterocycles.